The molecule has 246 valence electrons. The van der Waals surface area contributed by atoms with Gasteiger partial charge in [0, 0.05) is 108 Å². The van der Waals surface area contributed by atoms with Crippen LogP contribution in [0.25, 0.3) is 10.9 Å². The van der Waals surface area contributed by atoms with Gasteiger partial charge in [-0.3, -0.25) is 19.0 Å². The zero-order chi connectivity index (χ0) is 30.5. The minimum Gasteiger partial charge on any atom is -0.650 e. The molecule has 3 unspecified atom stereocenters. The number of ether oxygens (including phenoxy) is 3. The van der Waals surface area contributed by atoms with Crippen LogP contribution >= 0.6 is 0 Å². The van der Waals surface area contributed by atoms with Crippen LogP contribution in [0.5, 0.6) is 0 Å². The molecule has 0 radical (unpaired) electrons. The fourth-order valence-corrected chi connectivity index (χ4v) is 4.49. The molecule has 0 N–H and O–H groups in total. The largest absolute Gasteiger partial charge is 0.650 e. The van der Waals surface area contributed by atoms with Crippen molar-refractivity contribution in [1.82, 2.24) is 9.47 Å². The fraction of sp³-hybridized carbons (Fsp3) is 0.606. The van der Waals surface area contributed by atoms with Crippen molar-refractivity contribution in [1.29, 1.82) is 0 Å². The van der Waals surface area contributed by atoms with E-state index in [1.807, 2.05) is 10.6 Å². The first kappa shape index (κ1) is 48.0. The molecule has 0 spiro atoms. The second kappa shape index (κ2) is 29.9. The molecule has 2 aromatic rings. The molecule has 1 heterocycles. The first-order valence-corrected chi connectivity index (χ1v) is 14.7. The molecule has 0 aliphatic heterocycles. The number of carbonyl (C=O) groups excluding carboxylic acids is 4. The van der Waals surface area contributed by atoms with E-state index in [-0.39, 0.29) is 129 Å². The van der Waals surface area contributed by atoms with E-state index in [0.29, 0.717) is 0 Å². The first-order chi connectivity index (χ1) is 19.8. The Bertz CT molecular complexity index is 1020. The number of nitrogens with zero attached hydrogens (tertiary/aromatic N) is 2. The van der Waals surface area contributed by atoms with Crippen LogP contribution in [0.1, 0.15) is 82.5 Å². The summed E-state index contributed by atoms with van der Waals surface area (Å²) in [4.78, 5) is 44.4. The third kappa shape index (κ3) is 19.9. The van der Waals surface area contributed by atoms with E-state index in [4.69, 9.17) is 0 Å². The maximum absolute atomic E-state index is 13.1. The molecule has 2 rings (SSSR count). The van der Waals surface area contributed by atoms with Crippen molar-refractivity contribution in [2.24, 2.45) is 11.8 Å². The SMILES string of the molecule is CCC(C)CCCCCCCC(C)C(=O)n1cc(CCN(C)C)c2ccccc21.O=[C-]OCC(COC=O)OC=O.[CH3-].[Ce].[Ce]. The molecule has 1 aromatic carbocycles. The Balaban J connectivity index is -0.000000961. The molecule has 0 saturated carbocycles. The van der Waals surface area contributed by atoms with Crippen molar-refractivity contribution in [3.8, 4) is 0 Å². The smallest absolute Gasteiger partial charge is 0.293 e. The van der Waals surface area contributed by atoms with Crippen LogP contribution in [0.4, 0.5) is 0 Å². The summed E-state index contributed by atoms with van der Waals surface area (Å²) < 4.78 is 14.7. The quantitative estimate of drug-likeness (QED) is 0.0649. The zero-order valence-electron chi connectivity index (χ0n) is 27.5. The number of aromatic nitrogens is 1. The van der Waals surface area contributed by atoms with Gasteiger partial charge in [-0.15, -0.1) is 0 Å². The predicted octanol–water partition coefficient (Wildman–Crippen LogP) is 6.03. The number of benzene rings is 1. The Morgan fingerprint density at radius 2 is 1.61 bits per heavy atom. The second-order valence-corrected chi connectivity index (χ2v) is 10.9. The van der Waals surface area contributed by atoms with Crippen LogP contribution in [-0.4, -0.2) is 74.7 Å². The minimum absolute atomic E-state index is 0. The molecule has 3 atom stereocenters. The minimum atomic E-state index is -0.769. The van der Waals surface area contributed by atoms with Gasteiger partial charge in [-0.2, -0.15) is 0 Å². The summed E-state index contributed by atoms with van der Waals surface area (Å²) in [6, 6.07) is 8.33. The van der Waals surface area contributed by atoms with E-state index in [9.17, 15) is 19.2 Å². The van der Waals surface area contributed by atoms with E-state index >= 15 is 0 Å². The molecule has 0 aliphatic carbocycles. The van der Waals surface area contributed by atoms with Gasteiger partial charge < -0.3 is 31.3 Å². The molecule has 1 aromatic heterocycles. The maximum Gasteiger partial charge on any atom is 0.293 e. The second-order valence-electron chi connectivity index (χ2n) is 10.9. The van der Waals surface area contributed by atoms with Crippen LogP contribution in [0, 0.1) is 103 Å². The molecule has 0 saturated heterocycles. The average molecular weight is 869 g/mol. The summed E-state index contributed by atoms with van der Waals surface area (Å²) in [5, 5.41) is 1.22. The van der Waals surface area contributed by atoms with Crippen molar-refractivity contribution in [3.05, 3.63) is 43.5 Å². The maximum atomic E-state index is 13.1. The number of rotatable bonds is 21. The number of hydrogen-bond acceptors (Lipinski definition) is 8. The monoisotopic (exact) mass is 868 g/mol. The summed E-state index contributed by atoms with van der Waals surface area (Å²) in [5.74, 6) is 1.19. The van der Waals surface area contributed by atoms with Gasteiger partial charge in [0.25, 0.3) is 12.9 Å². The van der Waals surface area contributed by atoms with Gasteiger partial charge in [0.1, 0.15) is 6.61 Å². The molecule has 0 amide bonds. The number of hydrogen-bond donors (Lipinski definition) is 0. The third-order valence-electron chi connectivity index (χ3n) is 7.24. The Labute approximate surface area is 332 Å². The van der Waals surface area contributed by atoms with Crippen molar-refractivity contribution >= 4 is 36.2 Å². The Morgan fingerprint density at radius 1 is 0.977 bits per heavy atom. The molecule has 44 heavy (non-hydrogen) atoms. The standard InChI is InChI=1S/C26H42N2O.C6H7O6.CH3.2Ce/c1-6-21(2)14-10-8-7-9-11-15-22(3)26(29)28-20-23(18-19-27(4)5)24-16-12-13-17-25(24)28;7-3-10-1-6(12-5-9)2-11-4-8;;;/h12-13,16-17,20-22H,6-11,14-15,18-19H2,1-5H3;3,5-6H,1-2H2;1H3;;/q;2*-1;;. The molecule has 0 bridgehead atoms. The number of carbonyl (C=O) groups is 3. The third-order valence-corrected chi connectivity index (χ3v) is 7.24. The first-order valence-electron chi connectivity index (χ1n) is 14.7. The number of likely N-dealkylation sites (N-methyl/N-ethyl adjacent to an activating group) is 1. The van der Waals surface area contributed by atoms with E-state index < -0.39 is 6.10 Å². The van der Waals surface area contributed by atoms with Crippen molar-refractivity contribution in [2.45, 2.75) is 84.7 Å². The Morgan fingerprint density at radius 3 is 2.20 bits per heavy atom. The molecule has 0 fully saturated rings. The van der Waals surface area contributed by atoms with Gasteiger partial charge in [0.05, 0.1) is 12.1 Å². The summed E-state index contributed by atoms with van der Waals surface area (Å²) in [6.45, 7) is 8.91. The van der Waals surface area contributed by atoms with Gasteiger partial charge in [-0.05, 0) is 44.5 Å². The predicted molar refractivity (Wildman–Crippen MR) is 167 cm³/mol. The van der Waals surface area contributed by atoms with Crippen LogP contribution in [-0.2, 0) is 35.0 Å². The van der Waals surface area contributed by atoms with E-state index in [1.165, 1.54) is 49.5 Å². The molecular weight excluding hydrogens is 817 g/mol. The van der Waals surface area contributed by atoms with Gasteiger partial charge in [0.15, 0.2) is 6.10 Å². The van der Waals surface area contributed by atoms with Gasteiger partial charge >= 0.3 is 0 Å². The summed E-state index contributed by atoms with van der Waals surface area (Å²) in [6.07, 6.45) is 12.3. The number of para-hydroxylation sites is 1. The topological polar surface area (TPSA) is 104 Å². The Hall–Kier alpha value is -0.447. The van der Waals surface area contributed by atoms with Gasteiger partial charge in [0.2, 0.25) is 5.91 Å². The Kier molecular flexibility index (Phi) is 32.6. The van der Waals surface area contributed by atoms with Crippen LogP contribution in [0.3, 0.4) is 0 Å². The summed E-state index contributed by atoms with van der Waals surface area (Å²) in [7, 11) is 4.19. The van der Waals surface area contributed by atoms with Crippen LogP contribution in [0.15, 0.2) is 30.5 Å². The van der Waals surface area contributed by atoms with Crippen molar-refractivity contribution < 1.29 is 117 Å². The number of fused-ring (bicyclic) bond motifs is 1. The summed E-state index contributed by atoms with van der Waals surface area (Å²) in [5.41, 5.74) is 2.33. The fourth-order valence-electron chi connectivity index (χ4n) is 4.49. The molecule has 11 heteroatoms. The molecule has 0 aliphatic rings. The number of unbranched alkanes of at least 4 members (excludes halogenated alkanes) is 4. The van der Waals surface area contributed by atoms with Crippen molar-refractivity contribution in [2.75, 3.05) is 33.9 Å². The van der Waals surface area contributed by atoms with Gasteiger partial charge in [-0.25, -0.2) is 0 Å². The van der Waals surface area contributed by atoms with Gasteiger partial charge in [-0.1, -0.05) is 90.4 Å². The normalized spacial score (nSPS) is 12.1. The molecular formula is C33H52Ce2N2O7-2. The van der Waals surface area contributed by atoms with Crippen LogP contribution in [0.2, 0.25) is 0 Å². The summed E-state index contributed by atoms with van der Waals surface area (Å²) >= 11 is 0. The molecule has 9 nitrogen and oxygen atoms in total. The van der Waals surface area contributed by atoms with E-state index in [0.717, 1.165) is 43.7 Å². The van der Waals surface area contributed by atoms with E-state index in [2.05, 4.69) is 78.4 Å². The zero-order valence-corrected chi connectivity index (χ0v) is 33.8. The van der Waals surface area contributed by atoms with Crippen LogP contribution < -0.4 is 0 Å². The average Bonchev–Trinajstić information content (AvgIpc) is 3.35. The van der Waals surface area contributed by atoms with Crippen molar-refractivity contribution in [3.63, 3.8) is 0 Å². The van der Waals surface area contributed by atoms with E-state index in [1.54, 1.807) is 0 Å².